The molecule has 2 aromatic carbocycles. The van der Waals surface area contributed by atoms with Crippen LogP contribution in [0.1, 0.15) is 11.1 Å². The molecule has 2 aromatic rings. The van der Waals surface area contributed by atoms with Crippen LogP contribution in [-0.4, -0.2) is 26.7 Å². The first kappa shape index (κ1) is 17.7. The summed E-state index contributed by atoms with van der Waals surface area (Å²) in [6, 6.07) is 11.1. The molecule has 24 heavy (non-hydrogen) atoms. The lowest BCUT2D eigenvalue weighted by Crippen LogP contribution is -2.38. The van der Waals surface area contributed by atoms with Gasteiger partial charge in [-0.15, -0.1) is 0 Å². The quantitative estimate of drug-likeness (QED) is 0.631. The van der Waals surface area contributed by atoms with E-state index in [-0.39, 0.29) is 0 Å². The van der Waals surface area contributed by atoms with E-state index >= 15 is 0 Å². The van der Waals surface area contributed by atoms with Crippen molar-refractivity contribution in [1.82, 2.24) is 10.6 Å². The fourth-order valence-electron chi connectivity index (χ4n) is 2.30. The molecule has 0 saturated heterocycles. The number of aliphatic imine (C=N–C) groups is 1. The van der Waals surface area contributed by atoms with Gasteiger partial charge < -0.3 is 15.4 Å². The number of benzene rings is 2. The smallest absolute Gasteiger partial charge is 0.191 e. The maximum absolute atomic E-state index is 13.6. The Hall–Kier alpha value is -2.63. The first-order chi connectivity index (χ1) is 11.6. The van der Waals surface area contributed by atoms with E-state index < -0.39 is 11.6 Å². The average Bonchev–Trinajstić information content (AvgIpc) is 2.61. The largest absolute Gasteiger partial charge is 0.496 e. The Kier molecular flexibility index (Phi) is 6.54. The summed E-state index contributed by atoms with van der Waals surface area (Å²) in [6.45, 7) is 0.976. The van der Waals surface area contributed by atoms with Crippen molar-refractivity contribution in [3.63, 3.8) is 0 Å². The highest BCUT2D eigenvalue weighted by Gasteiger charge is 2.06. The molecular weight excluding hydrogens is 312 g/mol. The van der Waals surface area contributed by atoms with Crippen LogP contribution in [0.5, 0.6) is 5.75 Å². The molecule has 0 aliphatic carbocycles. The molecule has 2 rings (SSSR count). The van der Waals surface area contributed by atoms with Crippen molar-refractivity contribution >= 4 is 5.96 Å². The Morgan fingerprint density at radius 1 is 1.08 bits per heavy atom. The fraction of sp³-hybridized carbons (Fsp3) is 0.278. The minimum absolute atomic E-state index is 0.336. The van der Waals surface area contributed by atoms with E-state index in [9.17, 15) is 8.78 Å². The number of methoxy groups -OCH3 is 1. The van der Waals surface area contributed by atoms with Crippen molar-refractivity contribution in [3.8, 4) is 5.75 Å². The minimum Gasteiger partial charge on any atom is -0.496 e. The standard InChI is InChI=1S/C18H21F2N3O/c1-21-18(23-12-14-5-3-4-6-17(14)24-2)22-10-9-13-11-15(19)7-8-16(13)20/h3-8,11H,9-10,12H2,1-2H3,(H2,21,22,23). The van der Waals surface area contributed by atoms with E-state index in [1.807, 2.05) is 24.3 Å². The molecular formula is C18H21F2N3O. The van der Waals surface area contributed by atoms with Crippen LogP contribution >= 0.6 is 0 Å². The van der Waals surface area contributed by atoms with Crippen LogP contribution in [0, 0.1) is 11.6 Å². The second-order valence-corrected chi connectivity index (χ2v) is 5.15. The molecule has 0 heterocycles. The van der Waals surface area contributed by atoms with Gasteiger partial charge in [0.1, 0.15) is 17.4 Å². The maximum Gasteiger partial charge on any atom is 0.191 e. The van der Waals surface area contributed by atoms with Gasteiger partial charge in [0.25, 0.3) is 0 Å². The van der Waals surface area contributed by atoms with Crippen LogP contribution in [0.4, 0.5) is 8.78 Å². The molecule has 0 aliphatic heterocycles. The first-order valence-corrected chi connectivity index (χ1v) is 7.64. The summed E-state index contributed by atoms with van der Waals surface area (Å²) >= 11 is 0. The van der Waals surface area contributed by atoms with Gasteiger partial charge in [-0.05, 0) is 36.2 Å². The maximum atomic E-state index is 13.6. The number of nitrogens with zero attached hydrogens (tertiary/aromatic N) is 1. The Balaban J connectivity index is 1.85. The number of hydrogen-bond donors (Lipinski definition) is 2. The zero-order valence-corrected chi connectivity index (χ0v) is 13.8. The third-order valence-corrected chi connectivity index (χ3v) is 3.56. The predicted molar refractivity (Wildman–Crippen MR) is 91.3 cm³/mol. The molecule has 0 fully saturated rings. The van der Waals surface area contributed by atoms with Crippen molar-refractivity contribution in [3.05, 3.63) is 65.2 Å². The Morgan fingerprint density at radius 2 is 1.88 bits per heavy atom. The highest BCUT2D eigenvalue weighted by Crippen LogP contribution is 2.16. The van der Waals surface area contributed by atoms with E-state index in [2.05, 4.69) is 15.6 Å². The summed E-state index contributed by atoms with van der Waals surface area (Å²) < 4.78 is 32.0. The van der Waals surface area contributed by atoms with Crippen molar-refractivity contribution < 1.29 is 13.5 Å². The minimum atomic E-state index is -0.440. The van der Waals surface area contributed by atoms with Crippen LogP contribution < -0.4 is 15.4 Å². The monoisotopic (exact) mass is 333 g/mol. The summed E-state index contributed by atoms with van der Waals surface area (Å²) in [6.07, 6.45) is 0.360. The topological polar surface area (TPSA) is 45.7 Å². The second kappa shape index (κ2) is 8.86. The molecule has 0 aliphatic rings. The Labute approximate surface area is 140 Å². The van der Waals surface area contributed by atoms with Gasteiger partial charge in [-0.3, -0.25) is 4.99 Å². The van der Waals surface area contributed by atoms with Gasteiger partial charge in [-0.1, -0.05) is 18.2 Å². The number of para-hydroxylation sites is 1. The van der Waals surface area contributed by atoms with Crippen LogP contribution in [0.3, 0.4) is 0 Å². The molecule has 6 heteroatoms. The molecule has 0 radical (unpaired) electrons. The summed E-state index contributed by atoms with van der Waals surface area (Å²) in [7, 11) is 3.28. The van der Waals surface area contributed by atoms with Crippen LogP contribution in [0.15, 0.2) is 47.5 Å². The van der Waals surface area contributed by atoms with Gasteiger partial charge in [0.2, 0.25) is 0 Å². The summed E-state index contributed by atoms with van der Waals surface area (Å²) in [5.41, 5.74) is 1.34. The van der Waals surface area contributed by atoms with Gasteiger partial charge in [0.05, 0.1) is 7.11 Å². The van der Waals surface area contributed by atoms with E-state index in [1.54, 1.807) is 14.2 Å². The molecule has 0 amide bonds. The number of halogens is 2. The molecule has 128 valence electrons. The molecule has 0 saturated carbocycles. The molecule has 0 aromatic heterocycles. The Morgan fingerprint density at radius 3 is 2.62 bits per heavy atom. The lowest BCUT2D eigenvalue weighted by atomic mass is 10.1. The highest BCUT2D eigenvalue weighted by atomic mass is 19.1. The highest BCUT2D eigenvalue weighted by molar-refractivity contribution is 5.79. The van der Waals surface area contributed by atoms with Gasteiger partial charge in [-0.2, -0.15) is 0 Å². The van der Waals surface area contributed by atoms with Crippen LogP contribution in [0.2, 0.25) is 0 Å². The third-order valence-electron chi connectivity index (χ3n) is 3.56. The zero-order chi connectivity index (χ0) is 17.4. The number of guanidine groups is 1. The summed E-state index contributed by atoms with van der Waals surface area (Å²) in [5.74, 6) is 0.528. The number of ether oxygens (including phenoxy) is 1. The lowest BCUT2D eigenvalue weighted by molar-refractivity contribution is 0.409. The van der Waals surface area contributed by atoms with Crippen molar-refractivity contribution in [2.24, 2.45) is 4.99 Å². The van der Waals surface area contributed by atoms with E-state index in [0.29, 0.717) is 31.0 Å². The first-order valence-electron chi connectivity index (χ1n) is 7.64. The lowest BCUT2D eigenvalue weighted by Gasteiger charge is -2.14. The van der Waals surface area contributed by atoms with Gasteiger partial charge >= 0.3 is 0 Å². The molecule has 0 spiro atoms. The van der Waals surface area contributed by atoms with Crippen molar-refractivity contribution in [2.75, 3.05) is 20.7 Å². The molecule has 0 unspecified atom stereocenters. The Bertz CT molecular complexity index is 704. The van der Waals surface area contributed by atoms with Gasteiger partial charge in [0, 0.05) is 25.7 Å². The van der Waals surface area contributed by atoms with E-state index in [1.165, 1.54) is 6.07 Å². The number of rotatable bonds is 6. The van der Waals surface area contributed by atoms with Crippen molar-refractivity contribution in [1.29, 1.82) is 0 Å². The average molecular weight is 333 g/mol. The van der Waals surface area contributed by atoms with E-state index in [0.717, 1.165) is 23.4 Å². The third kappa shape index (κ3) is 4.94. The van der Waals surface area contributed by atoms with Crippen LogP contribution in [0.25, 0.3) is 0 Å². The SMILES string of the molecule is CN=C(NCCc1cc(F)ccc1F)NCc1ccccc1OC. The van der Waals surface area contributed by atoms with Gasteiger partial charge in [-0.25, -0.2) is 8.78 Å². The molecule has 2 N–H and O–H groups in total. The number of nitrogens with one attached hydrogen (secondary N) is 2. The predicted octanol–water partition coefficient (Wildman–Crippen LogP) is 2.88. The summed E-state index contributed by atoms with van der Waals surface area (Å²) in [5, 5.41) is 6.25. The molecule has 0 bridgehead atoms. The number of hydrogen-bond acceptors (Lipinski definition) is 2. The van der Waals surface area contributed by atoms with Crippen molar-refractivity contribution in [2.45, 2.75) is 13.0 Å². The normalized spacial score (nSPS) is 11.2. The fourth-order valence-corrected chi connectivity index (χ4v) is 2.30. The molecule has 0 atom stereocenters. The second-order valence-electron chi connectivity index (χ2n) is 5.15. The summed E-state index contributed by atoms with van der Waals surface area (Å²) in [4.78, 5) is 4.12. The van der Waals surface area contributed by atoms with Crippen LogP contribution in [-0.2, 0) is 13.0 Å². The van der Waals surface area contributed by atoms with E-state index in [4.69, 9.17) is 4.74 Å². The van der Waals surface area contributed by atoms with Gasteiger partial charge in [0.15, 0.2) is 5.96 Å². The zero-order valence-electron chi connectivity index (χ0n) is 13.8. The molecule has 4 nitrogen and oxygen atoms in total.